The Morgan fingerprint density at radius 3 is 1.93 bits per heavy atom. The molecule has 0 atom stereocenters. The number of hydrogen-bond acceptors (Lipinski definition) is 0. The zero-order valence-electron chi connectivity index (χ0n) is 16.6. The lowest BCUT2D eigenvalue weighted by molar-refractivity contribution is -0.0399. The van der Waals surface area contributed by atoms with E-state index in [1.807, 2.05) is 0 Å². The molecule has 1 heteroatoms. The van der Waals surface area contributed by atoms with Crippen LogP contribution >= 0.6 is 11.6 Å². The van der Waals surface area contributed by atoms with E-state index in [1.165, 1.54) is 54.4 Å². The number of halogens is 1. The van der Waals surface area contributed by atoms with Crippen LogP contribution in [0.25, 0.3) is 22.3 Å². The SMILES string of the molecule is Clc1ccc2c(c1)-c1cc(-c3ccccc3)ccc1C21C2CC3CC(C2)CC1C3. The Kier molecular flexibility index (Phi) is 3.32. The van der Waals surface area contributed by atoms with E-state index in [2.05, 4.69) is 66.7 Å². The van der Waals surface area contributed by atoms with Crippen molar-refractivity contribution in [2.24, 2.45) is 23.7 Å². The van der Waals surface area contributed by atoms with Crippen LogP contribution in [-0.2, 0) is 5.41 Å². The monoisotopic (exact) mass is 396 g/mol. The van der Waals surface area contributed by atoms with Gasteiger partial charge in [-0.05, 0) is 107 Å². The summed E-state index contributed by atoms with van der Waals surface area (Å²) >= 11 is 6.52. The van der Waals surface area contributed by atoms with Gasteiger partial charge in [0.05, 0.1) is 0 Å². The van der Waals surface area contributed by atoms with Crippen LogP contribution in [0.2, 0.25) is 5.02 Å². The lowest BCUT2D eigenvalue weighted by atomic mass is 9.43. The predicted molar refractivity (Wildman–Crippen MR) is 120 cm³/mol. The van der Waals surface area contributed by atoms with Crippen LogP contribution in [0.4, 0.5) is 0 Å². The van der Waals surface area contributed by atoms with E-state index in [9.17, 15) is 0 Å². The highest BCUT2D eigenvalue weighted by Crippen LogP contribution is 2.69. The van der Waals surface area contributed by atoms with E-state index in [1.54, 1.807) is 11.1 Å². The molecule has 0 unspecified atom stereocenters. The van der Waals surface area contributed by atoms with Gasteiger partial charge in [-0.1, -0.05) is 60.1 Å². The Morgan fingerprint density at radius 1 is 0.621 bits per heavy atom. The van der Waals surface area contributed by atoms with Gasteiger partial charge in [0.2, 0.25) is 0 Å². The summed E-state index contributed by atoms with van der Waals surface area (Å²) in [6.07, 6.45) is 7.20. The van der Waals surface area contributed by atoms with E-state index < -0.39 is 0 Å². The molecular formula is C28H25Cl. The van der Waals surface area contributed by atoms with Gasteiger partial charge in [0.15, 0.2) is 0 Å². The Bertz CT molecular complexity index is 1100. The van der Waals surface area contributed by atoms with Gasteiger partial charge in [-0.25, -0.2) is 0 Å². The summed E-state index contributed by atoms with van der Waals surface area (Å²) in [7, 11) is 0. The molecule has 29 heavy (non-hydrogen) atoms. The highest BCUT2D eigenvalue weighted by Gasteiger charge is 2.61. The maximum atomic E-state index is 6.52. The molecule has 0 heterocycles. The van der Waals surface area contributed by atoms with Crippen molar-refractivity contribution in [3.05, 3.63) is 82.9 Å². The molecule has 0 N–H and O–H groups in total. The summed E-state index contributed by atoms with van der Waals surface area (Å²) in [6, 6.07) is 24.8. The molecule has 0 amide bonds. The van der Waals surface area contributed by atoms with E-state index in [0.29, 0.717) is 0 Å². The predicted octanol–water partition coefficient (Wildman–Crippen LogP) is 7.73. The number of rotatable bonds is 1. The van der Waals surface area contributed by atoms with E-state index in [0.717, 1.165) is 28.7 Å². The smallest absolute Gasteiger partial charge is 0.0412 e. The Hall–Kier alpha value is -2.05. The first kappa shape index (κ1) is 16.7. The molecule has 1 spiro atoms. The van der Waals surface area contributed by atoms with E-state index in [-0.39, 0.29) is 5.41 Å². The fourth-order valence-corrected chi connectivity index (χ4v) is 8.16. The quantitative estimate of drug-likeness (QED) is 0.394. The first-order valence-corrected chi connectivity index (χ1v) is 11.6. The lowest BCUT2D eigenvalue weighted by Crippen LogP contribution is -2.55. The average Bonchev–Trinajstić information content (AvgIpc) is 3.02. The second kappa shape index (κ2) is 5.76. The maximum Gasteiger partial charge on any atom is 0.0412 e. The van der Waals surface area contributed by atoms with Crippen molar-refractivity contribution in [1.29, 1.82) is 0 Å². The van der Waals surface area contributed by atoms with Gasteiger partial charge in [0.1, 0.15) is 0 Å². The molecule has 0 saturated heterocycles. The van der Waals surface area contributed by atoms with Crippen LogP contribution in [-0.4, -0.2) is 0 Å². The average molecular weight is 397 g/mol. The van der Waals surface area contributed by atoms with Crippen molar-refractivity contribution in [3.8, 4) is 22.3 Å². The molecule has 144 valence electrons. The Morgan fingerprint density at radius 2 is 1.24 bits per heavy atom. The van der Waals surface area contributed by atoms with Crippen LogP contribution in [0.3, 0.4) is 0 Å². The Labute approximate surface area is 177 Å². The summed E-state index contributed by atoms with van der Waals surface area (Å²) in [5.74, 6) is 3.57. The minimum Gasteiger partial charge on any atom is -0.0843 e. The minimum atomic E-state index is 0.234. The first-order chi connectivity index (χ1) is 14.2. The van der Waals surface area contributed by atoms with Crippen LogP contribution in [0.5, 0.6) is 0 Å². The standard InChI is InChI=1S/C28H25Cl/c29-23-7-9-27-25(16-23)24-15-20(19-4-2-1-3-5-19)6-8-26(24)28(27)21-11-17-10-18(13-21)14-22(28)12-17/h1-9,15-18,21-22H,10-14H2. The molecule has 3 aromatic rings. The fourth-order valence-electron chi connectivity index (χ4n) is 7.99. The van der Waals surface area contributed by atoms with Gasteiger partial charge >= 0.3 is 0 Å². The van der Waals surface area contributed by atoms with Gasteiger partial charge in [-0.2, -0.15) is 0 Å². The fraction of sp³-hybridized carbons (Fsp3) is 0.357. The molecule has 4 saturated carbocycles. The van der Waals surface area contributed by atoms with Gasteiger partial charge in [0, 0.05) is 10.4 Å². The zero-order chi connectivity index (χ0) is 19.2. The van der Waals surface area contributed by atoms with Crippen molar-refractivity contribution in [2.45, 2.75) is 37.5 Å². The molecule has 0 aromatic heterocycles. The summed E-state index contributed by atoms with van der Waals surface area (Å²) in [6.45, 7) is 0. The molecular weight excluding hydrogens is 372 g/mol. The summed E-state index contributed by atoms with van der Waals surface area (Å²) in [5, 5.41) is 0.862. The molecule has 0 aliphatic heterocycles. The molecule has 0 radical (unpaired) electrons. The molecule has 5 aliphatic rings. The third-order valence-electron chi connectivity index (χ3n) is 8.72. The topological polar surface area (TPSA) is 0 Å². The van der Waals surface area contributed by atoms with Crippen LogP contribution in [0, 0.1) is 23.7 Å². The van der Waals surface area contributed by atoms with Crippen molar-refractivity contribution >= 4 is 11.6 Å². The van der Waals surface area contributed by atoms with Crippen LogP contribution < -0.4 is 0 Å². The Balaban J connectivity index is 1.49. The van der Waals surface area contributed by atoms with E-state index >= 15 is 0 Å². The zero-order valence-corrected chi connectivity index (χ0v) is 17.3. The normalized spacial score (nSPS) is 33.1. The van der Waals surface area contributed by atoms with Crippen molar-refractivity contribution in [1.82, 2.24) is 0 Å². The van der Waals surface area contributed by atoms with E-state index in [4.69, 9.17) is 11.6 Å². The van der Waals surface area contributed by atoms with Gasteiger partial charge in [0.25, 0.3) is 0 Å². The minimum absolute atomic E-state index is 0.234. The molecule has 8 rings (SSSR count). The number of hydrogen-bond donors (Lipinski definition) is 0. The van der Waals surface area contributed by atoms with Gasteiger partial charge in [-0.3, -0.25) is 0 Å². The largest absolute Gasteiger partial charge is 0.0843 e. The summed E-state index contributed by atoms with van der Waals surface area (Å²) in [5.41, 5.74) is 8.87. The third-order valence-corrected chi connectivity index (χ3v) is 8.95. The highest BCUT2D eigenvalue weighted by molar-refractivity contribution is 6.31. The molecule has 5 aliphatic carbocycles. The van der Waals surface area contributed by atoms with Crippen molar-refractivity contribution in [2.75, 3.05) is 0 Å². The molecule has 3 aromatic carbocycles. The second-order valence-corrected chi connectivity index (χ2v) is 10.4. The number of benzene rings is 3. The number of fused-ring (bicyclic) bond motifs is 3. The summed E-state index contributed by atoms with van der Waals surface area (Å²) in [4.78, 5) is 0. The van der Waals surface area contributed by atoms with Crippen molar-refractivity contribution in [3.63, 3.8) is 0 Å². The van der Waals surface area contributed by atoms with Crippen LogP contribution in [0.1, 0.15) is 43.2 Å². The molecule has 0 nitrogen and oxygen atoms in total. The maximum absolute atomic E-state index is 6.52. The van der Waals surface area contributed by atoms with Gasteiger partial charge in [-0.15, -0.1) is 0 Å². The lowest BCUT2D eigenvalue weighted by Gasteiger charge is -2.61. The van der Waals surface area contributed by atoms with Crippen LogP contribution in [0.15, 0.2) is 66.7 Å². The second-order valence-electron chi connectivity index (χ2n) is 9.99. The third kappa shape index (κ3) is 2.11. The molecule has 4 fully saturated rings. The highest BCUT2D eigenvalue weighted by atomic mass is 35.5. The van der Waals surface area contributed by atoms with Crippen molar-refractivity contribution < 1.29 is 0 Å². The molecule has 4 bridgehead atoms. The summed E-state index contributed by atoms with van der Waals surface area (Å²) < 4.78 is 0. The van der Waals surface area contributed by atoms with Gasteiger partial charge < -0.3 is 0 Å². The first-order valence-electron chi connectivity index (χ1n) is 11.2.